The van der Waals surface area contributed by atoms with Crippen LogP contribution in [0.1, 0.15) is 18.4 Å². The molecule has 8 heteroatoms. The van der Waals surface area contributed by atoms with E-state index in [1.165, 1.54) is 28.9 Å². The predicted octanol–water partition coefficient (Wildman–Crippen LogP) is 4.19. The van der Waals surface area contributed by atoms with Gasteiger partial charge in [-0.3, -0.25) is 9.59 Å². The van der Waals surface area contributed by atoms with Crippen LogP contribution in [0.5, 0.6) is 0 Å². The van der Waals surface area contributed by atoms with Gasteiger partial charge in [0.25, 0.3) is 5.56 Å². The van der Waals surface area contributed by atoms with E-state index in [-0.39, 0.29) is 17.4 Å². The first-order chi connectivity index (χ1) is 14.9. The predicted molar refractivity (Wildman–Crippen MR) is 120 cm³/mol. The summed E-state index contributed by atoms with van der Waals surface area (Å²) in [7, 11) is 0. The third kappa shape index (κ3) is 4.61. The van der Waals surface area contributed by atoms with Crippen molar-refractivity contribution in [1.82, 2.24) is 9.78 Å². The lowest BCUT2D eigenvalue weighted by Crippen LogP contribution is -2.41. The van der Waals surface area contributed by atoms with Crippen LogP contribution in [0.4, 0.5) is 15.9 Å². The van der Waals surface area contributed by atoms with Crippen LogP contribution >= 0.6 is 11.6 Å². The number of piperidine rings is 1. The van der Waals surface area contributed by atoms with Gasteiger partial charge in [-0.15, -0.1) is 5.10 Å². The maximum Gasteiger partial charge on any atom is 0.271 e. The molecule has 160 valence electrons. The van der Waals surface area contributed by atoms with Crippen LogP contribution in [-0.2, 0) is 4.79 Å². The number of aromatic nitrogens is 2. The van der Waals surface area contributed by atoms with E-state index in [4.69, 9.17) is 11.6 Å². The Morgan fingerprint density at radius 3 is 2.81 bits per heavy atom. The molecule has 0 bridgehead atoms. The molecule has 2 aromatic carbocycles. The van der Waals surface area contributed by atoms with Gasteiger partial charge in [0.15, 0.2) is 0 Å². The molecule has 0 aliphatic carbocycles. The van der Waals surface area contributed by atoms with E-state index < -0.39 is 5.82 Å². The highest BCUT2D eigenvalue weighted by Gasteiger charge is 2.27. The normalized spacial score (nSPS) is 16.2. The van der Waals surface area contributed by atoms with Gasteiger partial charge in [0, 0.05) is 29.9 Å². The maximum atomic E-state index is 13.6. The number of amides is 1. The molecule has 1 amide bonds. The van der Waals surface area contributed by atoms with E-state index in [9.17, 15) is 14.0 Å². The summed E-state index contributed by atoms with van der Waals surface area (Å²) < 4.78 is 14.8. The van der Waals surface area contributed by atoms with Gasteiger partial charge < -0.3 is 10.2 Å². The van der Waals surface area contributed by atoms with Gasteiger partial charge in [-0.05, 0) is 61.7 Å². The topological polar surface area (TPSA) is 67.2 Å². The molecule has 0 saturated carbocycles. The SMILES string of the molecule is Cc1c(Cl)cccc1NC(=O)[C@H]1CCCN(c2ccc(=O)n(-c3cccc(F)c3)n2)C1. The number of anilines is 2. The number of benzene rings is 2. The average molecular weight is 441 g/mol. The van der Waals surface area contributed by atoms with Gasteiger partial charge in [-0.1, -0.05) is 23.7 Å². The second-order valence-corrected chi connectivity index (χ2v) is 8.02. The second kappa shape index (κ2) is 8.89. The standard InChI is InChI=1S/C23H22ClFN4O2/c1-15-19(24)8-3-9-20(15)26-23(31)16-5-4-12-28(14-16)21-10-11-22(30)29(27-21)18-7-2-6-17(25)13-18/h2-3,6-11,13,16H,4-5,12,14H2,1H3,(H,26,31)/t16-/m0/s1. The van der Waals surface area contributed by atoms with Crippen molar-refractivity contribution in [2.75, 3.05) is 23.3 Å². The third-order valence-electron chi connectivity index (χ3n) is 5.48. The van der Waals surface area contributed by atoms with Crippen LogP contribution in [0, 0.1) is 18.7 Å². The Balaban J connectivity index is 1.53. The first-order valence-corrected chi connectivity index (χ1v) is 10.5. The van der Waals surface area contributed by atoms with Crippen molar-refractivity contribution in [3.63, 3.8) is 0 Å². The highest BCUT2D eigenvalue weighted by molar-refractivity contribution is 6.31. The summed E-state index contributed by atoms with van der Waals surface area (Å²) in [6.07, 6.45) is 1.57. The van der Waals surface area contributed by atoms with Crippen molar-refractivity contribution < 1.29 is 9.18 Å². The lowest BCUT2D eigenvalue weighted by molar-refractivity contribution is -0.120. The first-order valence-electron chi connectivity index (χ1n) is 10.1. The summed E-state index contributed by atoms with van der Waals surface area (Å²) in [6, 6.07) is 14.2. The molecule has 1 atom stereocenters. The average Bonchev–Trinajstić information content (AvgIpc) is 2.77. The molecule has 1 aliphatic rings. The maximum absolute atomic E-state index is 13.6. The molecule has 0 unspecified atom stereocenters. The zero-order chi connectivity index (χ0) is 22.0. The Labute approximate surface area is 184 Å². The van der Waals surface area contributed by atoms with E-state index in [0.717, 1.165) is 18.4 Å². The van der Waals surface area contributed by atoms with Gasteiger partial charge in [-0.25, -0.2) is 4.39 Å². The van der Waals surface area contributed by atoms with E-state index >= 15 is 0 Å². The van der Waals surface area contributed by atoms with E-state index in [1.54, 1.807) is 24.3 Å². The molecule has 1 fully saturated rings. The Kier molecular flexibility index (Phi) is 6.04. The molecule has 1 N–H and O–H groups in total. The number of rotatable bonds is 4. The van der Waals surface area contributed by atoms with Crippen molar-refractivity contribution in [2.24, 2.45) is 5.92 Å². The lowest BCUT2D eigenvalue weighted by Gasteiger charge is -2.33. The molecule has 6 nitrogen and oxygen atoms in total. The third-order valence-corrected chi connectivity index (χ3v) is 5.89. The van der Waals surface area contributed by atoms with Crippen LogP contribution in [0.3, 0.4) is 0 Å². The number of hydrogen-bond donors (Lipinski definition) is 1. The Morgan fingerprint density at radius 2 is 2.00 bits per heavy atom. The molecule has 1 aromatic heterocycles. The van der Waals surface area contributed by atoms with Crippen LogP contribution in [-0.4, -0.2) is 28.8 Å². The van der Waals surface area contributed by atoms with Crippen molar-refractivity contribution in [3.05, 3.63) is 81.4 Å². The zero-order valence-electron chi connectivity index (χ0n) is 17.0. The Hall–Kier alpha value is -3.19. The largest absolute Gasteiger partial charge is 0.354 e. The molecule has 0 spiro atoms. The van der Waals surface area contributed by atoms with Crippen LogP contribution < -0.4 is 15.8 Å². The number of carbonyl (C=O) groups excluding carboxylic acids is 1. The molecule has 1 saturated heterocycles. The molecule has 1 aliphatic heterocycles. The van der Waals surface area contributed by atoms with Crippen LogP contribution in [0.15, 0.2) is 59.4 Å². The summed E-state index contributed by atoms with van der Waals surface area (Å²) >= 11 is 6.16. The van der Waals surface area contributed by atoms with Crippen molar-refractivity contribution in [1.29, 1.82) is 0 Å². The number of carbonyl (C=O) groups is 1. The molecule has 31 heavy (non-hydrogen) atoms. The van der Waals surface area contributed by atoms with Gasteiger partial charge >= 0.3 is 0 Å². The van der Waals surface area contributed by atoms with Crippen molar-refractivity contribution in [2.45, 2.75) is 19.8 Å². The molecular weight excluding hydrogens is 419 g/mol. The molecule has 0 radical (unpaired) electrons. The summed E-state index contributed by atoms with van der Waals surface area (Å²) in [4.78, 5) is 27.2. The van der Waals surface area contributed by atoms with Gasteiger partial charge in [0.1, 0.15) is 11.6 Å². The van der Waals surface area contributed by atoms with Gasteiger partial charge in [0.2, 0.25) is 5.91 Å². The lowest BCUT2D eigenvalue weighted by atomic mass is 9.97. The number of nitrogens with zero attached hydrogens (tertiary/aromatic N) is 3. The first kappa shape index (κ1) is 21.1. The fourth-order valence-electron chi connectivity index (χ4n) is 3.74. The Morgan fingerprint density at radius 1 is 1.19 bits per heavy atom. The molecule has 3 aromatic rings. The fourth-order valence-corrected chi connectivity index (χ4v) is 3.91. The summed E-state index contributed by atoms with van der Waals surface area (Å²) in [5.74, 6) is -0.181. The number of hydrogen-bond acceptors (Lipinski definition) is 4. The minimum atomic E-state index is -0.442. The summed E-state index contributed by atoms with van der Waals surface area (Å²) in [5.41, 5.74) is 1.54. The fraction of sp³-hybridized carbons (Fsp3) is 0.261. The van der Waals surface area contributed by atoms with Gasteiger partial charge in [-0.2, -0.15) is 4.68 Å². The Bertz CT molecular complexity index is 1180. The molecule has 4 rings (SSSR count). The minimum Gasteiger partial charge on any atom is -0.354 e. The van der Waals surface area contributed by atoms with Gasteiger partial charge in [0.05, 0.1) is 11.6 Å². The zero-order valence-corrected chi connectivity index (χ0v) is 17.8. The summed E-state index contributed by atoms with van der Waals surface area (Å²) in [5, 5.41) is 8.01. The van der Waals surface area contributed by atoms with Crippen LogP contribution in [0.25, 0.3) is 5.69 Å². The quantitative estimate of drug-likeness (QED) is 0.660. The van der Waals surface area contributed by atoms with Crippen molar-refractivity contribution in [3.8, 4) is 5.69 Å². The van der Waals surface area contributed by atoms with E-state index in [0.29, 0.717) is 35.3 Å². The minimum absolute atomic E-state index is 0.0754. The number of halogens is 2. The highest BCUT2D eigenvalue weighted by Crippen LogP contribution is 2.26. The number of nitrogens with one attached hydrogen (secondary N) is 1. The summed E-state index contributed by atoms with van der Waals surface area (Å²) in [6.45, 7) is 3.05. The molecule has 2 heterocycles. The van der Waals surface area contributed by atoms with E-state index in [1.807, 2.05) is 17.9 Å². The highest BCUT2D eigenvalue weighted by atomic mass is 35.5. The van der Waals surface area contributed by atoms with Crippen molar-refractivity contribution >= 4 is 29.0 Å². The molecular formula is C23H22ClFN4O2. The second-order valence-electron chi connectivity index (χ2n) is 7.61. The van der Waals surface area contributed by atoms with E-state index in [2.05, 4.69) is 10.4 Å². The smallest absolute Gasteiger partial charge is 0.271 e. The van der Waals surface area contributed by atoms with Crippen LogP contribution in [0.2, 0.25) is 5.02 Å². The monoisotopic (exact) mass is 440 g/mol.